The lowest BCUT2D eigenvalue weighted by Crippen LogP contribution is -2.10. The number of rotatable bonds is 11. The van der Waals surface area contributed by atoms with E-state index in [1.807, 2.05) is 0 Å². The summed E-state index contributed by atoms with van der Waals surface area (Å²) < 4.78 is 0. The minimum absolute atomic E-state index is 0.871. The molecule has 0 radical (unpaired) electrons. The van der Waals surface area contributed by atoms with Gasteiger partial charge in [-0.25, -0.2) is 0 Å². The second-order valence-corrected chi connectivity index (χ2v) is 7.44. The summed E-state index contributed by atoms with van der Waals surface area (Å²) in [7, 11) is 0. The zero-order chi connectivity index (χ0) is 20.5. The van der Waals surface area contributed by atoms with Gasteiger partial charge < -0.3 is 0 Å². The molecule has 0 atom stereocenters. The average molecular weight is 383 g/mol. The summed E-state index contributed by atoms with van der Waals surface area (Å²) in [5.74, 6) is 1.74. The van der Waals surface area contributed by atoms with Crippen molar-refractivity contribution in [2.75, 3.05) is 0 Å². The highest BCUT2D eigenvalue weighted by molar-refractivity contribution is 5.47. The van der Waals surface area contributed by atoms with Crippen LogP contribution in [0.15, 0.2) is 24.3 Å². The van der Waals surface area contributed by atoms with Crippen LogP contribution in [0.25, 0.3) is 0 Å². The van der Waals surface area contributed by atoms with Gasteiger partial charge in [-0.15, -0.1) is 0 Å². The highest BCUT2D eigenvalue weighted by Gasteiger charge is 2.16. The zero-order valence-electron chi connectivity index (χ0n) is 18.8. The molecular formula is C26H38O2. The fourth-order valence-electron chi connectivity index (χ4n) is 4.28. The van der Waals surface area contributed by atoms with E-state index in [9.17, 15) is 0 Å². The summed E-state index contributed by atoms with van der Waals surface area (Å²) in [5.41, 5.74) is 8.31. The summed E-state index contributed by atoms with van der Waals surface area (Å²) in [4.78, 5) is 12.0. The van der Waals surface area contributed by atoms with E-state index in [-0.39, 0.29) is 0 Å². The van der Waals surface area contributed by atoms with Crippen LogP contribution >= 0.6 is 0 Å². The minimum Gasteiger partial charge on any atom is -0.290 e. The Morgan fingerprint density at radius 3 is 1.18 bits per heavy atom. The lowest BCUT2D eigenvalue weighted by atomic mass is 9.93. The molecule has 28 heavy (non-hydrogen) atoms. The lowest BCUT2D eigenvalue weighted by Gasteiger charge is -2.19. The number of hydrogen-bond acceptors (Lipinski definition) is 2. The molecule has 0 unspecified atom stereocenters. The van der Waals surface area contributed by atoms with Crippen LogP contribution in [0.1, 0.15) is 87.8 Å². The van der Waals surface area contributed by atoms with Gasteiger partial charge in [0.2, 0.25) is 0 Å². The summed E-state index contributed by atoms with van der Waals surface area (Å²) in [6, 6.07) is 8.57. The van der Waals surface area contributed by atoms with Crippen molar-refractivity contribution in [2.24, 2.45) is 0 Å². The van der Waals surface area contributed by atoms with E-state index >= 15 is 0 Å². The van der Waals surface area contributed by atoms with Crippen LogP contribution in [0.2, 0.25) is 0 Å². The number of benzene rings is 2. The Labute approximate surface area is 172 Å². The predicted molar refractivity (Wildman–Crippen MR) is 120 cm³/mol. The van der Waals surface area contributed by atoms with Crippen LogP contribution in [0, 0.1) is 0 Å². The summed E-state index contributed by atoms with van der Waals surface area (Å²) >= 11 is 0. The highest BCUT2D eigenvalue weighted by atomic mass is 17.2. The van der Waals surface area contributed by atoms with E-state index in [2.05, 4.69) is 65.8 Å². The van der Waals surface area contributed by atoms with Crippen molar-refractivity contribution in [1.29, 1.82) is 0 Å². The maximum Gasteiger partial charge on any atom is 0.182 e. The van der Waals surface area contributed by atoms with E-state index in [1.54, 1.807) is 0 Å². The molecule has 0 aliphatic rings. The molecule has 0 aromatic heterocycles. The Morgan fingerprint density at radius 2 is 0.893 bits per heavy atom. The Bertz CT molecular complexity index is 696. The smallest absolute Gasteiger partial charge is 0.182 e. The molecule has 0 fully saturated rings. The van der Waals surface area contributed by atoms with Gasteiger partial charge in [-0.3, -0.25) is 9.78 Å². The second-order valence-electron chi connectivity index (χ2n) is 7.44. The topological polar surface area (TPSA) is 18.5 Å². The molecule has 0 saturated carbocycles. The first-order chi connectivity index (χ1) is 13.6. The normalized spacial score (nSPS) is 10.9. The molecule has 0 spiro atoms. The molecule has 2 rings (SSSR count). The Hall–Kier alpha value is -1.96. The van der Waals surface area contributed by atoms with Crippen molar-refractivity contribution in [3.63, 3.8) is 0 Å². The summed E-state index contributed by atoms with van der Waals surface area (Å²) in [6.07, 6.45) is 8.41. The van der Waals surface area contributed by atoms with E-state index in [0.717, 1.165) is 62.9 Å². The van der Waals surface area contributed by atoms with Gasteiger partial charge in [0.25, 0.3) is 0 Å². The van der Waals surface area contributed by atoms with Crippen molar-refractivity contribution in [3.8, 4) is 11.5 Å². The predicted octanol–water partition coefficient (Wildman–Crippen LogP) is 7.21. The molecule has 0 bridgehead atoms. The molecule has 0 saturated heterocycles. The van der Waals surface area contributed by atoms with Crippen LogP contribution in [0.4, 0.5) is 0 Å². The molecule has 0 N–H and O–H groups in total. The van der Waals surface area contributed by atoms with Crippen molar-refractivity contribution < 1.29 is 9.78 Å². The van der Waals surface area contributed by atoms with Gasteiger partial charge in [-0.05, 0) is 72.9 Å². The molecule has 2 aromatic carbocycles. The van der Waals surface area contributed by atoms with Crippen LogP contribution in [-0.2, 0) is 38.5 Å². The molecular weight excluding hydrogens is 344 g/mol. The van der Waals surface area contributed by atoms with Crippen LogP contribution < -0.4 is 9.78 Å². The molecule has 0 heterocycles. The number of hydrogen-bond donors (Lipinski definition) is 0. The van der Waals surface area contributed by atoms with Gasteiger partial charge in [0.15, 0.2) is 11.5 Å². The first-order valence-electron chi connectivity index (χ1n) is 11.3. The molecule has 0 amide bonds. The van der Waals surface area contributed by atoms with Gasteiger partial charge in [0.1, 0.15) is 0 Å². The van der Waals surface area contributed by atoms with Gasteiger partial charge in [0, 0.05) is 11.1 Å². The maximum atomic E-state index is 5.98. The summed E-state index contributed by atoms with van der Waals surface area (Å²) in [6.45, 7) is 13.3. The summed E-state index contributed by atoms with van der Waals surface area (Å²) in [5, 5.41) is 0. The first-order valence-corrected chi connectivity index (χ1v) is 11.3. The average Bonchev–Trinajstić information content (AvgIpc) is 2.72. The molecule has 2 aromatic rings. The molecule has 0 aliphatic heterocycles. The Balaban J connectivity index is 2.38. The SMILES string of the molecule is CCCc1c(OOc2ccc(CC)c(CC)c2CCC)ccc(CC)c1CC. The quantitative estimate of drug-likeness (QED) is 0.302. The molecule has 2 nitrogen and oxygen atoms in total. The lowest BCUT2D eigenvalue weighted by molar-refractivity contribution is -0.102. The standard InChI is InChI=1S/C26H38O2/c1-7-13-23-21(11-5)19(9-3)15-17-25(23)27-28-26-18-16-20(10-4)22(12-6)24(26)14-8-2/h15-18H,7-14H2,1-6H3. The number of aryl methyl sites for hydroxylation is 2. The third kappa shape index (κ3) is 4.90. The Kier molecular flexibility index (Phi) is 8.89. The van der Waals surface area contributed by atoms with Crippen molar-refractivity contribution >= 4 is 0 Å². The highest BCUT2D eigenvalue weighted by Crippen LogP contribution is 2.32. The van der Waals surface area contributed by atoms with Gasteiger partial charge >= 0.3 is 0 Å². The molecule has 0 aliphatic carbocycles. The van der Waals surface area contributed by atoms with Gasteiger partial charge in [0.05, 0.1) is 0 Å². The van der Waals surface area contributed by atoms with Crippen molar-refractivity contribution in [1.82, 2.24) is 0 Å². The second kappa shape index (κ2) is 11.1. The Morgan fingerprint density at radius 1 is 0.500 bits per heavy atom. The first kappa shape index (κ1) is 22.3. The van der Waals surface area contributed by atoms with Gasteiger partial charge in [-0.1, -0.05) is 66.5 Å². The molecule has 2 heteroatoms. The van der Waals surface area contributed by atoms with E-state index in [0.29, 0.717) is 0 Å². The van der Waals surface area contributed by atoms with Gasteiger partial charge in [-0.2, -0.15) is 0 Å². The third-order valence-corrected chi connectivity index (χ3v) is 5.66. The van der Waals surface area contributed by atoms with Crippen LogP contribution in [-0.4, -0.2) is 0 Å². The monoisotopic (exact) mass is 382 g/mol. The van der Waals surface area contributed by atoms with Crippen LogP contribution in [0.3, 0.4) is 0 Å². The van der Waals surface area contributed by atoms with E-state index in [1.165, 1.54) is 33.4 Å². The van der Waals surface area contributed by atoms with Crippen LogP contribution in [0.5, 0.6) is 11.5 Å². The largest absolute Gasteiger partial charge is 0.290 e. The minimum atomic E-state index is 0.871. The van der Waals surface area contributed by atoms with Crippen molar-refractivity contribution in [3.05, 3.63) is 57.6 Å². The molecule has 154 valence electrons. The third-order valence-electron chi connectivity index (χ3n) is 5.66. The zero-order valence-corrected chi connectivity index (χ0v) is 18.8. The van der Waals surface area contributed by atoms with E-state index < -0.39 is 0 Å². The fraction of sp³-hybridized carbons (Fsp3) is 0.538. The fourth-order valence-corrected chi connectivity index (χ4v) is 4.28. The van der Waals surface area contributed by atoms with E-state index in [4.69, 9.17) is 9.78 Å². The maximum absolute atomic E-state index is 5.98. The van der Waals surface area contributed by atoms with Crippen molar-refractivity contribution in [2.45, 2.75) is 92.9 Å².